The summed E-state index contributed by atoms with van der Waals surface area (Å²) in [5.74, 6) is -0.137. The van der Waals surface area contributed by atoms with Gasteiger partial charge in [-0.3, -0.25) is 9.59 Å². The van der Waals surface area contributed by atoms with Crippen LogP contribution >= 0.6 is 0 Å². The first-order chi connectivity index (χ1) is 10.1. The van der Waals surface area contributed by atoms with E-state index >= 15 is 0 Å². The van der Waals surface area contributed by atoms with Crippen molar-refractivity contribution in [2.45, 2.75) is 31.8 Å². The van der Waals surface area contributed by atoms with Gasteiger partial charge in [-0.2, -0.15) is 0 Å². The molecule has 0 radical (unpaired) electrons. The molecule has 2 N–H and O–H groups in total. The summed E-state index contributed by atoms with van der Waals surface area (Å²) < 4.78 is 0. The molecule has 0 spiro atoms. The summed E-state index contributed by atoms with van der Waals surface area (Å²) in [6.45, 7) is 1.60. The van der Waals surface area contributed by atoms with Gasteiger partial charge in [-0.05, 0) is 24.9 Å². The topological polar surface area (TPSA) is 61.4 Å². The fourth-order valence-electron chi connectivity index (χ4n) is 2.48. The summed E-state index contributed by atoms with van der Waals surface area (Å²) in [6.07, 6.45) is 2.61. The van der Waals surface area contributed by atoms with Crippen molar-refractivity contribution in [3.05, 3.63) is 35.9 Å². The fourth-order valence-corrected chi connectivity index (χ4v) is 2.48. The average Bonchev–Trinajstić information content (AvgIpc) is 2.98. The van der Waals surface area contributed by atoms with Crippen LogP contribution in [0, 0.1) is 0 Å². The summed E-state index contributed by atoms with van der Waals surface area (Å²) in [5, 5.41) is 5.98. The van der Waals surface area contributed by atoms with E-state index in [0.29, 0.717) is 13.0 Å². The van der Waals surface area contributed by atoms with Gasteiger partial charge in [0.25, 0.3) is 0 Å². The molecule has 0 aliphatic carbocycles. The standard InChI is InChI=1S/C16H23N3O2/c1-19(12-13-6-3-2-4-7-13)16(21)11-18-15(20)10-14-8-5-9-17-14/h2-4,6-7,14,17H,5,8-12H2,1H3,(H,18,20). The number of amides is 2. The predicted molar refractivity (Wildman–Crippen MR) is 81.6 cm³/mol. The first-order valence-corrected chi connectivity index (χ1v) is 7.43. The molecule has 1 saturated heterocycles. The van der Waals surface area contributed by atoms with E-state index in [1.165, 1.54) is 0 Å². The molecule has 2 rings (SSSR count). The third-order valence-corrected chi connectivity index (χ3v) is 3.72. The minimum Gasteiger partial charge on any atom is -0.347 e. The van der Waals surface area contributed by atoms with Crippen molar-refractivity contribution in [2.75, 3.05) is 20.1 Å². The monoisotopic (exact) mass is 289 g/mol. The Morgan fingerprint density at radius 2 is 2.10 bits per heavy atom. The zero-order valence-electron chi connectivity index (χ0n) is 12.5. The van der Waals surface area contributed by atoms with Crippen LogP contribution in [0.4, 0.5) is 0 Å². The fraction of sp³-hybridized carbons (Fsp3) is 0.500. The van der Waals surface area contributed by atoms with Crippen LogP contribution in [0.25, 0.3) is 0 Å². The second-order valence-corrected chi connectivity index (χ2v) is 5.51. The number of carbonyl (C=O) groups is 2. The van der Waals surface area contributed by atoms with Crippen molar-refractivity contribution in [1.82, 2.24) is 15.5 Å². The molecule has 5 nitrogen and oxygen atoms in total. The third-order valence-electron chi connectivity index (χ3n) is 3.72. The normalized spacial score (nSPS) is 17.5. The second kappa shape index (κ2) is 7.78. The van der Waals surface area contributed by atoms with Crippen molar-refractivity contribution >= 4 is 11.8 Å². The summed E-state index contributed by atoms with van der Waals surface area (Å²) in [6, 6.07) is 10.1. The van der Waals surface area contributed by atoms with Crippen LogP contribution in [0.15, 0.2) is 30.3 Å². The van der Waals surface area contributed by atoms with Crippen LogP contribution in [-0.4, -0.2) is 42.9 Å². The number of nitrogens with zero attached hydrogens (tertiary/aromatic N) is 1. The first-order valence-electron chi connectivity index (χ1n) is 7.43. The molecule has 1 atom stereocenters. The molecule has 21 heavy (non-hydrogen) atoms. The largest absolute Gasteiger partial charge is 0.347 e. The van der Waals surface area contributed by atoms with Gasteiger partial charge < -0.3 is 15.5 Å². The van der Waals surface area contributed by atoms with Gasteiger partial charge in [-0.25, -0.2) is 0 Å². The number of carbonyl (C=O) groups excluding carboxylic acids is 2. The van der Waals surface area contributed by atoms with Gasteiger partial charge in [-0.1, -0.05) is 30.3 Å². The minimum absolute atomic E-state index is 0.0594. The Bertz CT molecular complexity index is 470. The van der Waals surface area contributed by atoms with Crippen LogP contribution in [0.2, 0.25) is 0 Å². The minimum atomic E-state index is -0.0772. The maximum atomic E-state index is 12.0. The van der Waals surface area contributed by atoms with Crippen molar-refractivity contribution < 1.29 is 9.59 Å². The lowest BCUT2D eigenvalue weighted by Gasteiger charge is -2.18. The van der Waals surface area contributed by atoms with Crippen LogP contribution in [-0.2, 0) is 16.1 Å². The van der Waals surface area contributed by atoms with Crippen LogP contribution in [0.1, 0.15) is 24.8 Å². The smallest absolute Gasteiger partial charge is 0.242 e. The lowest BCUT2D eigenvalue weighted by Crippen LogP contribution is -2.39. The highest BCUT2D eigenvalue weighted by atomic mass is 16.2. The maximum absolute atomic E-state index is 12.0. The van der Waals surface area contributed by atoms with Crippen LogP contribution in [0.5, 0.6) is 0 Å². The van der Waals surface area contributed by atoms with Gasteiger partial charge in [0.05, 0.1) is 6.54 Å². The van der Waals surface area contributed by atoms with E-state index in [0.717, 1.165) is 24.9 Å². The quantitative estimate of drug-likeness (QED) is 0.818. The van der Waals surface area contributed by atoms with Gasteiger partial charge >= 0.3 is 0 Å². The Kier molecular flexibility index (Phi) is 5.75. The highest BCUT2D eigenvalue weighted by Gasteiger charge is 2.18. The Labute approximate surface area is 125 Å². The maximum Gasteiger partial charge on any atom is 0.242 e. The van der Waals surface area contributed by atoms with E-state index in [9.17, 15) is 9.59 Å². The molecule has 1 fully saturated rings. The number of benzene rings is 1. The summed E-state index contributed by atoms with van der Waals surface area (Å²) in [4.78, 5) is 25.4. The predicted octanol–water partition coefficient (Wildman–Crippen LogP) is 0.903. The Morgan fingerprint density at radius 1 is 1.33 bits per heavy atom. The Balaban J connectivity index is 1.69. The lowest BCUT2D eigenvalue weighted by atomic mass is 10.1. The molecule has 1 heterocycles. The zero-order valence-corrected chi connectivity index (χ0v) is 12.5. The molecule has 2 amide bonds. The highest BCUT2D eigenvalue weighted by molar-refractivity contribution is 5.84. The number of hydrogen-bond donors (Lipinski definition) is 2. The van der Waals surface area contributed by atoms with Gasteiger partial charge in [-0.15, -0.1) is 0 Å². The van der Waals surface area contributed by atoms with Gasteiger partial charge in [0, 0.05) is 26.1 Å². The van der Waals surface area contributed by atoms with Gasteiger partial charge in [0.2, 0.25) is 11.8 Å². The van der Waals surface area contributed by atoms with Gasteiger partial charge in [0.15, 0.2) is 0 Å². The van der Waals surface area contributed by atoms with Crippen molar-refractivity contribution in [3.8, 4) is 0 Å². The number of likely N-dealkylation sites (N-methyl/N-ethyl adjacent to an activating group) is 1. The molecular formula is C16H23N3O2. The third kappa shape index (κ3) is 5.19. The van der Waals surface area contributed by atoms with Crippen molar-refractivity contribution in [3.63, 3.8) is 0 Å². The Morgan fingerprint density at radius 3 is 2.76 bits per heavy atom. The molecule has 1 aromatic carbocycles. The van der Waals surface area contributed by atoms with Crippen molar-refractivity contribution in [2.24, 2.45) is 0 Å². The van der Waals surface area contributed by atoms with Crippen LogP contribution in [0.3, 0.4) is 0 Å². The second-order valence-electron chi connectivity index (χ2n) is 5.51. The zero-order chi connectivity index (χ0) is 15.1. The average molecular weight is 289 g/mol. The summed E-state index contributed by atoms with van der Waals surface area (Å²) in [7, 11) is 1.75. The molecule has 0 saturated carbocycles. The first kappa shape index (κ1) is 15.5. The number of nitrogens with one attached hydrogen (secondary N) is 2. The molecule has 1 aromatic rings. The van der Waals surface area contributed by atoms with Crippen LogP contribution < -0.4 is 10.6 Å². The molecular weight excluding hydrogens is 266 g/mol. The van der Waals surface area contributed by atoms with E-state index in [-0.39, 0.29) is 24.4 Å². The summed E-state index contributed by atoms with van der Waals surface area (Å²) >= 11 is 0. The number of rotatable bonds is 6. The highest BCUT2D eigenvalue weighted by Crippen LogP contribution is 2.08. The van der Waals surface area contributed by atoms with Gasteiger partial charge in [0.1, 0.15) is 0 Å². The molecule has 114 valence electrons. The molecule has 1 aliphatic rings. The van der Waals surface area contributed by atoms with E-state index in [4.69, 9.17) is 0 Å². The molecule has 0 aromatic heterocycles. The lowest BCUT2D eigenvalue weighted by molar-refractivity contribution is -0.132. The summed E-state index contributed by atoms with van der Waals surface area (Å²) in [5.41, 5.74) is 1.08. The van der Waals surface area contributed by atoms with E-state index in [1.807, 2.05) is 30.3 Å². The molecule has 1 aliphatic heterocycles. The SMILES string of the molecule is CN(Cc1ccccc1)C(=O)CNC(=O)CC1CCCN1. The molecule has 1 unspecified atom stereocenters. The Hall–Kier alpha value is -1.88. The molecule has 5 heteroatoms. The van der Waals surface area contributed by atoms with Crippen molar-refractivity contribution in [1.29, 1.82) is 0 Å². The molecule has 0 bridgehead atoms. The number of hydrogen-bond acceptors (Lipinski definition) is 3. The van der Waals surface area contributed by atoms with E-state index in [2.05, 4.69) is 10.6 Å². The van der Waals surface area contributed by atoms with E-state index in [1.54, 1.807) is 11.9 Å². The van der Waals surface area contributed by atoms with E-state index < -0.39 is 0 Å².